The average Bonchev–Trinajstić information content (AvgIpc) is 2.06. The quantitative estimate of drug-likeness (QED) is 0.386. The Labute approximate surface area is 115 Å². The van der Waals surface area contributed by atoms with Crippen LogP contribution in [0.4, 0.5) is 0 Å². The molecule has 14 heavy (non-hydrogen) atoms. The van der Waals surface area contributed by atoms with Crippen molar-refractivity contribution in [2.75, 3.05) is 0 Å². The van der Waals surface area contributed by atoms with Crippen LogP contribution in [0.1, 0.15) is 11.1 Å². The molecule has 0 spiro atoms. The zero-order chi connectivity index (χ0) is 11.1. The van der Waals surface area contributed by atoms with Crippen molar-refractivity contribution in [3.63, 3.8) is 0 Å². The van der Waals surface area contributed by atoms with E-state index in [2.05, 4.69) is 63.7 Å². The number of halogens is 4. The predicted octanol–water partition coefficient (Wildman–Crippen LogP) is 3.77. The number of alkyl halides is 1. The minimum Gasteiger partial charge on any atom is -0.353 e. The fourth-order valence-corrected chi connectivity index (χ4v) is 3.30. The van der Waals surface area contributed by atoms with Crippen LogP contribution in [0, 0.1) is 6.92 Å². The summed E-state index contributed by atoms with van der Waals surface area (Å²) in [7, 11) is 0. The molecule has 0 saturated carbocycles. The lowest BCUT2D eigenvalue weighted by Crippen LogP contribution is -2.16. The van der Waals surface area contributed by atoms with Crippen LogP contribution >= 0.6 is 63.7 Å². The van der Waals surface area contributed by atoms with Gasteiger partial charge in [-0.15, -0.1) is 0 Å². The molecule has 0 unspecified atom stereocenters. The van der Waals surface area contributed by atoms with E-state index in [1.54, 1.807) is 6.07 Å². The molecule has 0 heterocycles. The fourth-order valence-electron chi connectivity index (χ4n) is 0.917. The smallest absolute Gasteiger partial charge is 0.250 e. The Morgan fingerprint density at radius 1 is 1.14 bits per heavy atom. The van der Waals surface area contributed by atoms with E-state index in [9.17, 15) is 10.2 Å². The van der Waals surface area contributed by atoms with E-state index in [-0.39, 0.29) is 0 Å². The monoisotopic (exact) mass is 450 g/mol. The molecule has 0 aromatic heterocycles. The van der Waals surface area contributed by atoms with Gasteiger partial charge in [0.1, 0.15) is 0 Å². The molecule has 0 aliphatic carbocycles. The van der Waals surface area contributed by atoms with Gasteiger partial charge >= 0.3 is 0 Å². The van der Waals surface area contributed by atoms with Gasteiger partial charge in [0.2, 0.25) is 4.70 Å². The summed E-state index contributed by atoms with van der Waals surface area (Å²) in [6.07, 6.45) is 0. The van der Waals surface area contributed by atoms with Crippen LogP contribution in [0.5, 0.6) is 0 Å². The van der Waals surface area contributed by atoms with Crippen molar-refractivity contribution < 1.29 is 10.2 Å². The number of aliphatic hydroxyl groups is 2. The molecule has 78 valence electrons. The highest BCUT2D eigenvalue weighted by Crippen LogP contribution is 2.40. The van der Waals surface area contributed by atoms with Gasteiger partial charge in [0.15, 0.2) is 0 Å². The van der Waals surface area contributed by atoms with Gasteiger partial charge in [0.05, 0.1) is 0 Å². The van der Waals surface area contributed by atoms with Gasteiger partial charge < -0.3 is 10.2 Å². The highest BCUT2D eigenvalue weighted by atomic mass is 79.9. The zero-order valence-corrected chi connectivity index (χ0v) is 13.3. The lowest BCUT2D eigenvalue weighted by atomic mass is 10.1. The third kappa shape index (κ3) is 2.59. The molecule has 0 aliphatic heterocycles. The summed E-state index contributed by atoms with van der Waals surface area (Å²) >= 11 is 12.7. The van der Waals surface area contributed by atoms with Gasteiger partial charge in [-0.05, 0) is 66.3 Å². The van der Waals surface area contributed by atoms with E-state index in [4.69, 9.17) is 0 Å². The number of benzene rings is 1. The van der Waals surface area contributed by atoms with Crippen LogP contribution in [0.15, 0.2) is 19.5 Å². The third-order valence-corrected chi connectivity index (χ3v) is 5.33. The fraction of sp³-hybridized carbons (Fsp3) is 0.250. The molecular formula is C8H6Br4O2. The first-order valence-electron chi connectivity index (χ1n) is 3.53. The standard InChI is InChI=1S/C8H6Br4O2/c1-3-5(9)2-4(8(12,13)14)7(11)6(3)10/h2,13-14H,1H3. The second-order valence-electron chi connectivity index (χ2n) is 2.75. The lowest BCUT2D eigenvalue weighted by Gasteiger charge is -2.18. The Morgan fingerprint density at radius 3 is 2.07 bits per heavy atom. The Morgan fingerprint density at radius 2 is 1.64 bits per heavy atom. The number of rotatable bonds is 1. The minimum atomic E-state index is -2.04. The van der Waals surface area contributed by atoms with E-state index in [0.717, 1.165) is 14.5 Å². The molecule has 1 rings (SSSR count). The molecule has 0 aliphatic rings. The topological polar surface area (TPSA) is 40.5 Å². The van der Waals surface area contributed by atoms with E-state index in [0.29, 0.717) is 10.0 Å². The first-order chi connectivity index (χ1) is 6.25. The normalized spacial score (nSPS) is 11.9. The van der Waals surface area contributed by atoms with Crippen molar-refractivity contribution in [1.82, 2.24) is 0 Å². The van der Waals surface area contributed by atoms with Crippen molar-refractivity contribution in [1.29, 1.82) is 0 Å². The van der Waals surface area contributed by atoms with E-state index in [1.165, 1.54) is 0 Å². The second kappa shape index (κ2) is 4.51. The Kier molecular flexibility index (Phi) is 4.23. The molecule has 0 radical (unpaired) electrons. The Hall–Kier alpha value is 1.06. The molecule has 0 amide bonds. The Balaban J connectivity index is 3.49. The third-order valence-electron chi connectivity index (χ3n) is 1.73. The molecule has 0 saturated heterocycles. The van der Waals surface area contributed by atoms with Crippen LogP contribution in [-0.4, -0.2) is 10.2 Å². The summed E-state index contributed by atoms with van der Waals surface area (Å²) < 4.78 is 0.160. The largest absolute Gasteiger partial charge is 0.353 e. The van der Waals surface area contributed by atoms with E-state index >= 15 is 0 Å². The first-order valence-corrected chi connectivity index (χ1v) is 6.70. The van der Waals surface area contributed by atoms with Crippen LogP contribution in [0.25, 0.3) is 0 Å². The summed E-state index contributed by atoms with van der Waals surface area (Å²) in [6, 6.07) is 1.64. The molecular weight excluding hydrogens is 448 g/mol. The van der Waals surface area contributed by atoms with Gasteiger partial charge in [0.25, 0.3) is 0 Å². The zero-order valence-electron chi connectivity index (χ0n) is 6.98. The summed E-state index contributed by atoms with van der Waals surface area (Å²) in [6.45, 7) is 1.91. The maximum absolute atomic E-state index is 9.41. The Bertz CT molecular complexity index is 371. The van der Waals surface area contributed by atoms with E-state index in [1.807, 2.05) is 6.92 Å². The number of hydrogen-bond acceptors (Lipinski definition) is 2. The van der Waals surface area contributed by atoms with Crippen molar-refractivity contribution in [2.24, 2.45) is 0 Å². The van der Waals surface area contributed by atoms with Crippen LogP contribution in [0.3, 0.4) is 0 Å². The predicted molar refractivity (Wildman–Crippen MR) is 69.3 cm³/mol. The highest BCUT2D eigenvalue weighted by Gasteiger charge is 2.26. The van der Waals surface area contributed by atoms with Gasteiger partial charge in [0, 0.05) is 19.0 Å². The van der Waals surface area contributed by atoms with Gasteiger partial charge in [-0.2, -0.15) is 0 Å². The molecule has 6 heteroatoms. The van der Waals surface area contributed by atoms with Gasteiger partial charge in [-0.3, -0.25) is 0 Å². The molecule has 0 bridgehead atoms. The summed E-state index contributed by atoms with van der Waals surface area (Å²) in [5.74, 6) is 0. The van der Waals surface area contributed by atoms with Crippen LogP contribution < -0.4 is 0 Å². The van der Waals surface area contributed by atoms with Crippen LogP contribution in [-0.2, 0) is 4.70 Å². The van der Waals surface area contributed by atoms with Crippen molar-refractivity contribution in [3.8, 4) is 0 Å². The lowest BCUT2D eigenvalue weighted by molar-refractivity contribution is -0.0748. The van der Waals surface area contributed by atoms with E-state index < -0.39 is 4.70 Å². The number of hydrogen-bond donors (Lipinski definition) is 2. The average molecular weight is 454 g/mol. The summed E-state index contributed by atoms with van der Waals surface area (Å²) in [5, 5.41) is 18.8. The van der Waals surface area contributed by atoms with Crippen LogP contribution in [0.2, 0.25) is 0 Å². The van der Waals surface area contributed by atoms with Crippen molar-refractivity contribution in [2.45, 2.75) is 11.6 Å². The first kappa shape index (κ1) is 13.1. The molecule has 2 N–H and O–H groups in total. The van der Waals surface area contributed by atoms with Crippen molar-refractivity contribution in [3.05, 3.63) is 30.6 Å². The van der Waals surface area contributed by atoms with Crippen molar-refractivity contribution >= 4 is 63.7 Å². The maximum atomic E-state index is 9.41. The maximum Gasteiger partial charge on any atom is 0.250 e. The molecule has 0 fully saturated rings. The highest BCUT2D eigenvalue weighted by molar-refractivity contribution is 9.13. The SMILES string of the molecule is Cc1c(Br)cc(C(O)(O)Br)c(Br)c1Br. The molecule has 1 aromatic rings. The summed E-state index contributed by atoms with van der Waals surface area (Å²) in [5.41, 5.74) is 1.32. The van der Waals surface area contributed by atoms with Gasteiger partial charge in [-0.25, -0.2) is 0 Å². The molecule has 1 aromatic carbocycles. The molecule has 2 nitrogen and oxygen atoms in total. The molecule has 0 atom stereocenters. The minimum absolute atomic E-state index is 0.335. The second-order valence-corrected chi connectivity index (χ2v) is 6.29. The van der Waals surface area contributed by atoms with Gasteiger partial charge in [-0.1, -0.05) is 15.9 Å². The summed E-state index contributed by atoms with van der Waals surface area (Å²) in [4.78, 5) is 0.